The number of anilines is 1. The average Bonchev–Trinajstić information content (AvgIpc) is 3.35. The highest BCUT2D eigenvalue weighted by molar-refractivity contribution is 5.98. The van der Waals surface area contributed by atoms with Gasteiger partial charge in [0.05, 0.1) is 5.56 Å². The molecule has 8 heteroatoms. The van der Waals surface area contributed by atoms with Gasteiger partial charge in [0, 0.05) is 37.8 Å². The van der Waals surface area contributed by atoms with Crippen LogP contribution in [0.15, 0.2) is 36.4 Å². The monoisotopic (exact) mass is 440 g/mol. The zero-order valence-electron chi connectivity index (χ0n) is 18.3. The highest BCUT2D eigenvalue weighted by Gasteiger charge is 2.29. The van der Waals surface area contributed by atoms with E-state index < -0.39 is 11.9 Å². The first-order valence-electron chi connectivity index (χ1n) is 11.2. The van der Waals surface area contributed by atoms with Crippen molar-refractivity contribution in [3.8, 4) is 5.75 Å². The largest absolute Gasteiger partial charge is 0.478 e. The highest BCUT2D eigenvalue weighted by Crippen LogP contribution is 2.29. The van der Waals surface area contributed by atoms with Crippen LogP contribution in [0.3, 0.4) is 0 Å². The number of pyridine rings is 1. The number of carbonyl (C=O) groups excluding carboxylic acids is 2. The molecule has 2 fully saturated rings. The molecule has 2 amide bonds. The fraction of sp³-hybridized carbons (Fsp3) is 0.458. The van der Waals surface area contributed by atoms with Gasteiger partial charge < -0.3 is 20.3 Å². The standard InChI is InChI=1S/C24H29FN4O3/c1-16(32-21-7-3-2-6-19(21)25)23(30)29-14-10-17(11-15-29)20-9-8-18(22(26)27-20)24(31)28-12-4-5-13-28/h2-3,6-9,16-17H,4-5,10-15H2,1H3,(H2,26,27)/t16-/m0/s1. The molecular formula is C24H29FN4O3. The molecule has 2 aromatic rings. The number of nitrogens with two attached hydrogens (primary N) is 1. The third-order valence-corrected chi connectivity index (χ3v) is 6.28. The van der Waals surface area contributed by atoms with Crippen LogP contribution < -0.4 is 10.5 Å². The number of hydrogen-bond donors (Lipinski definition) is 1. The number of carbonyl (C=O) groups is 2. The number of benzene rings is 1. The first-order valence-corrected chi connectivity index (χ1v) is 11.2. The number of piperidine rings is 1. The molecule has 170 valence electrons. The Kier molecular flexibility index (Phi) is 6.58. The summed E-state index contributed by atoms with van der Waals surface area (Å²) in [5.74, 6) is -0.188. The molecule has 0 radical (unpaired) electrons. The molecule has 32 heavy (non-hydrogen) atoms. The van der Waals surface area contributed by atoms with Crippen LogP contribution in [0.4, 0.5) is 10.2 Å². The molecule has 1 atom stereocenters. The smallest absolute Gasteiger partial charge is 0.263 e. The lowest BCUT2D eigenvalue weighted by Crippen LogP contribution is -2.44. The molecule has 2 aliphatic heterocycles. The Hall–Kier alpha value is -3.16. The second-order valence-corrected chi connectivity index (χ2v) is 8.46. The average molecular weight is 441 g/mol. The fourth-order valence-corrected chi connectivity index (χ4v) is 4.42. The maximum Gasteiger partial charge on any atom is 0.263 e. The maximum absolute atomic E-state index is 13.8. The maximum atomic E-state index is 13.8. The van der Waals surface area contributed by atoms with Gasteiger partial charge in [-0.2, -0.15) is 0 Å². The number of para-hydroxylation sites is 1. The topological polar surface area (TPSA) is 88.8 Å². The van der Waals surface area contributed by atoms with E-state index in [0.29, 0.717) is 18.7 Å². The molecule has 1 aromatic carbocycles. The van der Waals surface area contributed by atoms with Crippen LogP contribution in [-0.2, 0) is 4.79 Å². The SMILES string of the molecule is C[C@H](Oc1ccccc1F)C(=O)N1CCC(c2ccc(C(=O)N3CCCC3)c(N)n2)CC1. The molecule has 0 unspecified atom stereocenters. The molecule has 7 nitrogen and oxygen atoms in total. The zero-order chi connectivity index (χ0) is 22.7. The van der Waals surface area contributed by atoms with Crippen LogP contribution >= 0.6 is 0 Å². The molecule has 3 heterocycles. The van der Waals surface area contributed by atoms with Gasteiger partial charge in [0.25, 0.3) is 11.8 Å². The Morgan fingerprint density at radius 2 is 1.75 bits per heavy atom. The van der Waals surface area contributed by atoms with Crippen molar-refractivity contribution in [2.45, 2.75) is 44.6 Å². The van der Waals surface area contributed by atoms with Gasteiger partial charge in [0.15, 0.2) is 17.7 Å². The van der Waals surface area contributed by atoms with E-state index in [1.54, 1.807) is 30.0 Å². The molecule has 0 aliphatic carbocycles. The van der Waals surface area contributed by atoms with Crippen LogP contribution in [0.5, 0.6) is 5.75 Å². The van der Waals surface area contributed by atoms with E-state index in [4.69, 9.17) is 10.5 Å². The number of nitrogen functional groups attached to an aromatic ring is 1. The van der Waals surface area contributed by atoms with Gasteiger partial charge in [-0.05, 0) is 56.9 Å². The minimum Gasteiger partial charge on any atom is -0.478 e. The van der Waals surface area contributed by atoms with Crippen molar-refractivity contribution in [1.82, 2.24) is 14.8 Å². The summed E-state index contributed by atoms with van der Waals surface area (Å²) in [6.45, 7) is 4.30. The summed E-state index contributed by atoms with van der Waals surface area (Å²) >= 11 is 0. The lowest BCUT2D eigenvalue weighted by Gasteiger charge is -2.33. The quantitative estimate of drug-likeness (QED) is 0.771. The molecule has 0 bridgehead atoms. The lowest BCUT2D eigenvalue weighted by molar-refractivity contribution is -0.139. The van der Waals surface area contributed by atoms with Crippen molar-refractivity contribution < 1.29 is 18.7 Å². The molecule has 0 saturated carbocycles. The number of hydrogen-bond acceptors (Lipinski definition) is 5. The van der Waals surface area contributed by atoms with E-state index in [9.17, 15) is 14.0 Å². The van der Waals surface area contributed by atoms with Crippen molar-refractivity contribution in [3.05, 3.63) is 53.5 Å². The summed E-state index contributed by atoms with van der Waals surface area (Å²) in [6.07, 6.45) is 2.76. The number of rotatable bonds is 5. The van der Waals surface area contributed by atoms with Gasteiger partial charge in [-0.3, -0.25) is 9.59 Å². The first kappa shape index (κ1) is 22.0. The summed E-state index contributed by atoms with van der Waals surface area (Å²) in [5, 5.41) is 0. The van der Waals surface area contributed by atoms with Crippen molar-refractivity contribution in [1.29, 1.82) is 0 Å². The molecule has 4 rings (SSSR count). The molecule has 2 saturated heterocycles. The number of halogens is 1. The van der Waals surface area contributed by atoms with Crippen molar-refractivity contribution in [3.63, 3.8) is 0 Å². The summed E-state index contributed by atoms with van der Waals surface area (Å²) in [6, 6.07) is 9.73. The van der Waals surface area contributed by atoms with E-state index in [1.807, 2.05) is 11.0 Å². The predicted molar refractivity (Wildman–Crippen MR) is 119 cm³/mol. The number of likely N-dealkylation sites (tertiary alicyclic amines) is 2. The normalized spacial score (nSPS) is 17.9. The summed E-state index contributed by atoms with van der Waals surface area (Å²) in [7, 11) is 0. The van der Waals surface area contributed by atoms with Gasteiger partial charge in [-0.25, -0.2) is 9.37 Å². The third kappa shape index (κ3) is 4.69. The van der Waals surface area contributed by atoms with Gasteiger partial charge in [-0.1, -0.05) is 12.1 Å². The molecule has 2 N–H and O–H groups in total. The molecule has 0 spiro atoms. The number of nitrogens with zero attached hydrogens (tertiary/aromatic N) is 3. The van der Waals surface area contributed by atoms with E-state index >= 15 is 0 Å². The highest BCUT2D eigenvalue weighted by atomic mass is 19.1. The van der Waals surface area contributed by atoms with Crippen LogP contribution in [0.25, 0.3) is 0 Å². The Morgan fingerprint density at radius 1 is 1.06 bits per heavy atom. The Balaban J connectivity index is 1.34. The van der Waals surface area contributed by atoms with Crippen LogP contribution in [0, 0.1) is 5.82 Å². The van der Waals surface area contributed by atoms with Gasteiger partial charge >= 0.3 is 0 Å². The predicted octanol–water partition coefficient (Wildman–Crippen LogP) is 3.21. The number of aromatic nitrogens is 1. The molecule has 2 aliphatic rings. The second-order valence-electron chi connectivity index (χ2n) is 8.46. The summed E-state index contributed by atoms with van der Waals surface area (Å²) < 4.78 is 19.3. The zero-order valence-corrected chi connectivity index (χ0v) is 18.3. The third-order valence-electron chi connectivity index (χ3n) is 6.28. The first-order chi connectivity index (χ1) is 15.4. The van der Waals surface area contributed by atoms with E-state index in [0.717, 1.165) is 44.5 Å². The van der Waals surface area contributed by atoms with Crippen LogP contribution in [0.2, 0.25) is 0 Å². The van der Waals surface area contributed by atoms with Crippen LogP contribution in [-0.4, -0.2) is 58.9 Å². The summed E-state index contributed by atoms with van der Waals surface area (Å²) in [4.78, 5) is 33.5. The summed E-state index contributed by atoms with van der Waals surface area (Å²) in [5.41, 5.74) is 7.44. The van der Waals surface area contributed by atoms with E-state index in [-0.39, 0.29) is 29.3 Å². The fourth-order valence-electron chi connectivity index (χ4n) is 4.42. The Labute approximate surface area is 187 Å². The lowest BCUT2D eigenvalue weighted by atomic mass is 9.92. The van der Waals surface area contributed by atoms with Gasteiger partial charge in [-0.15, -0.1) is 0 Å². The number of ether oxygens (including phenoxy) is 1. The van der Waals surface area contributed by atoms with E-state index in [2.05, 4.69) is 4.98 Å². The Bertz CT molecular complexity index is 985. The van der Waals surface area contributed by atoms with E-state index in [1.165, 1.54) is 12.1 Å². The van der Waals surface area contributed by atoms with Gasteiger partial charge in [0.2, 0.25) is 0 Å². The van der Waals surface area contributed by atoms with Gasteiger partial charge in [0.1, 0.15) is 5.82 Å². The minimum atomic E-state index is -0.770. The van der Waals surface area contributed by atoms with Crippen molar-refractivity contribution >= 4 is 17.6 Å². The van der Waals surface area contributed by atoms with Crippen LogP contribution in [0.1, 0.15) is 54.6 Å². The minimum absolute atomic E-state index is 0.0525. The number of amides is 2. The molecular weight excluding hydrogens is 411 g/mol. The Morgan fingerprint density at radius 3 is 2.41 bits per heavy atom. The van der Waals surface area contributed by atoms with Crippen molar-refractivity contribution in [2.75, 3.05) is 31.9 Å². The second kappa shape index (κ2) is 9.54. The molecule has 1 aromatic heterocycles. The van der Waals surface area contributed by atoms with Crippen molar-refractivity contribution in [2.24, 2.45) is 0 Å².